The quantitative estimate of drug-likeness (QED) is 0.754. The van der Waals surface area contributed by atoms with Crippen molar-refractivity contribution in [2.75, 3.05) is 0 Å². The van der Waals surface area contributed by atoms with Gasteiger partial charge in [-0.3, -0.25) is 9.59 Å². The molecule has 0 aliphatic rings. The zero-order valence-corrected chi connectivity index (χ0v) is 12.1. The van der Waals surface area contributed by atoms with Crippen molar-refractivity contribution in [3.63, 3.8) is 0 Å². The van der Waals surface area contributed by atoms with Gasteiger partial charge in [-0.1, -0.05) is 0 Å². The number of carbonyl (C=O) groups is 2. The summed E-state index contributed by atoms with van der Waals surface area (Å²) in [6.07, 6.45) is 0. The largest absolute Gasteiger partial charge is 0.476 e. The van der Waals surface area contributed by atoms with Gasteiger partial charge in [-0.05, 0) is 19.4 Å². The molecule has 0 atom stereocenters. The molecule has 0 saturated heterocycles. The molecular formula is C12H12N4O4S. The van der Waals surface area contributed by atoms with Gasteiger partial charge in [0.2, 0.25) is 0 Å². The minimum atomic E-state index is -1.12. The first-order valence-electron chi connectivity index (χ1n) is 5.92. The molecule has 0 unspecified atom stereocenters. The number of nitrogens with one attached hydrogen (secondary N) is 2. The molecule has 8 nitrogen and oxygen atoms in total. The number of amides is 1. The fourth-order valence-electron chi connectivity index (χ4n) is 1.63. The van der Waals surface area contributed by atoms with Crippen LogP contribution in [0.2, 0.25) is 0 Å². The highest BCUT2D eigenvalue weighted by atomic mass is 32.1. The average molecular weight is 308 g/mol. The number of thiazole rings is 1. The van der Waals surface area contributed by atoms with Gasteiger partial charge in [0.15, 0.2) is 5.69 Å². The van der Waals surface area contributed by atoms with Gasteiger partial charge >= 0.3 is 5.97 Å². The van der Waals surface area contributed by atoms with Gasteiger partial charge < -0.3 is 10.4 Å². The number of hydrogen-bond donors (Lipinski definition) is 3. The van der Waals surface area contributed by atoms with Gasteiger partial charge in [-0.25, -0.2) is 14.9 Å². The number of H-pyrrole nitrogens is 1. The van der Waals surface area contributed by atoms with Crippen molar-refractivity contribution in [3.05, 3.63) is 43.3 Å². The highest BCUT2D eigenvalue weighted by Gasteiger charge is 2.16. The Bertz CT molecular complexity index is 765. The third-order valence-corrected chi connectivity index (χ3v) is 3.72. The molecule has 2 aromatic heterocycles. The maximum atomic E-state index is 12.1. The number of nitrogens with zero attached hydrogens (tertiary/aromatic N) is 2. The zero-order valence-electron chi connectivity index (χ0n) is 11.3. The van der Waals surface area contributed by atoms with Crippen molar-refractivity contribution >= 4 is 23.2 Å². The van der Waals surface area contributed by atoms with Crippen LogP contribution in [0.25, 0.3) is 0 Å². The summed E-state index contributed by atoms with van der Waals surface area (Å²) in [6, 6.07) is 0. The summed E-state index contributed by atoms with van der Waals surface area (Å²) in [4.78, 5) is 38.3. The van der Waals surface area contributed by atoms with E-state index in [9.17, 15) is 14.4 Å². The molecule has 0 fully saturated rings. The molecule has 0 radical (unpaired) electrons. The highest BCUT2D eigenvalue weighted by molar-refractivity contribution is 7.09. The lowest BCUT2D eigenvalue weighted by Gasteiger charge is -2.06. The zero-order chi connectivity index (χ0) is 15.6. The minimum Gasteiger partial charge on any atom is -0.476 e. The van der Waals surface area contributed by atoms with Crippen LogP contribution in [0.15, 0.2) is 10.2 Å². The smallest absolute Gasteiger partial charge is 0.355 e. The Labute approximate surface area is 122 Å². The summed E-state index contributed by atoms with van der Waals surface area (Å²) in [6.45, 7) is 3.37. The molecule has 2 heterocycles. The summed E-state index contributed by atoms with van der Waals surface area (Å²) in [5.74, 6) is -1.67. The van der Waals surface area contributed by atoms with E-state index in [1.807, 2.05) is 0 Å². The molecule has 21 heavy (non-hydrogen) atoms. The van der Waals surface area contributed by atoms with Gasteiger partial charge in [0.25, 0.3) is 11.5 Å². The number of aromatic nitrogens is 3. The van der Waals surface area contributed by atoms with Crippen LogP contribution in [0, 0.1) is 13.8 Å². The Balaban J connectivity index is 2.13. The number of aromatic carboxylic acids is 1. The van der Waals surface area contributed by atoms with Crippen molar-refractivity contribution in [3.8, 4) is 0 Å². The number of hydrogen-bond acceptors (Lipinski definition) is 6. The van der Waals surface area contributed by atoms with Crippen LogP contribution in [0.5, 0.6) is 0 Å². The number of aryl methyl sites for hydroxylation is 1. The Kier molecular flexibility index (Phi) is 4.13. The second-order valence-corrected chi connectivity index (χ2v) is 5.20. The van der Waals surface area contributed by atoms with E-state index in [2.05, 4.69) is 20.5 Å². The Morgan fingerprint density at radius 2 is 2.14 bits per heavy atom. The van der Waals surface area contributed by atoms with Crippen LogP contribution in [0.4, 0.5) is 0 Å². The molecule has 0 saturated carbocycles. The summed E-state index contributed by atoms with van der Waals surface area (Å²) in [5, 5.41) is 19.2. The molecule has 0 aliphatic carbocycles. The molecule has 3 N–H and O–H groups in total. The first-order chi connectivity index (χ1) is 9.90. The maximum absolute atomic E-state index is 12.1. The number of carboxylic acids is 1. The molecular weight excluding hydrogens is 296 g/mol. The van der Waals surface area contributed by atoms with Crippen LogP contribution in [-0.2, 0) is 6.54 Å². The van der Waals surface area contributed by atoms with E-state index in [1.165, 1.54) is 5.38 Å². The first kappa shape index (κ1) is 14.9. The molecule has 9 heteroatoms. The number of rotatable bonds is 4. The van der Waals surface area contributed by atoms with E-state index >= 15 is 0 Å². The number of aromatic amines is 1. The molecule has 110 valence electrons. The van der Waals surface area contributed by atoms with Gasteiger partial charge in [-0.15, -0.1) is 11.3 Å². The van der Waals surface area contributed by atoms with Crippen LogP contribution in [0.1, 0.15) is 37.1 Å². The number of carboxylic acid groups (broad SMARTS) is 1. The van der Waals surface area contributed by atoms with Crippen molar-refractivity contribution < 1.29 is 14.7 Å². The summed E-state index contributed by atoms with van der Waals surface area (Å²) in [5.41, 5.74) is 0.417. The van der Waals surface area contributed by atoms with Crippen molar-refractivity contribution in [2.45, 2.75) is 20.4 Å². The molecule has 0 bridgehead atoms. The van der Waals surface area contributed by atoms with Crippen molar-refractivity contribution in [1.29, 1.82) is 0 Å². The van der Waals surface area contributed by atoms with Gasteiger partial charge in [0.05, 0.1) is 12.2 Å². The monoisotopic (exact) mass is 308 g/mol. The topological polar surface area (TPSA) is 125 Å². The Morgan fingerprint density at radius 1 is 1.43 bits per heavy atom. The molecule has 2 aromatic rings. The fourth-order valence-corrected chi connectivity index (χ4v) is 2.34. The average Bonchev–Trinajstić information content (AvgIpc) is 2.90. The lowest BCUT2D eigenvalue weighted by atomic mass is 10.1. The van der Waals surface area contributed by atoms with E-state index in [-0.39, 0.29) is 17.8 Å². The predicted molar refractivity (Wildman–Crippen MR) is 74.6 cm³/mol. The fraction of sp³-hybridized carbons (Fsp3) is 0.250. The normalized spacial score (nSPS) is 10.4. The van der Waals surface area contributed by atoms with E-state index in [0.29, 0.717) is 16.3 Å². The van der Waals surface area contributed by atoms with E-state index in [0.717, 1.165) is 11.3 Å². The van der Waals surface area contributed by atoms with Gasteiger partial charge in [-0.2, -0.15) is 5.10 Å². The van der Waals surface area contributed by atoms with Crippen molar-refractivity contribution in [2.24, 2.45) is 0 Å². The lowest BCUT2D eigenvalue weighted by molar-refractivity contribution is 0.0691. The van der Waals surface area contributed by atoms with E-state index in [1.54, 1.807) is 13.8 Å². The molecule has 0 spiro atoms. The first-order valence-corrected chi connectivity index (χ1v) is 6.80. The van der Waals surface area contributed by atoms with Crippen LogP contribution < -0.4 is 10.9 Å². The second kappa shape index (κ2) is 5.83. The molecule has 1 amide bonds. The summed E-state index contributed by atoms with van der Waals surface area (Å²) < 4.78 is 0. The van der Waals surface area contributed by atoms with Gasteiger partial charge in [0.1, 0.15) is 10.6 Å². The standard InChI is InChI=1S/C12H12N4O4S/c1-5-6(2)15-16-11(18)9(5)10(17)13-3-8-14-7(4-21-8)12(19)20/h4H,3H2,1-2H3,(H,13,17)(H,16,18)(H,19,20). The summed E-state index contributed by atoms with van der Waals surface area (Å²) in [7, 11) is 0. The second-order valence-electron chi connectivity index (χ2n) is 4.25. The van der Waals surface area contributed by atoms with Crippen LogP contribution in [0.3, 0.4) is 0 Å². The molecule has 0 aromatic carbocycles. The minimum absolute atomic E-state index is 0.00230. The van der Waals surface area contributed by atoms with E-state index in [4.69, 9.17) is 5.11 Å². The highest BCUT2D eigenvalue weighted by Crippen LogP contribution is 2.10. The molecule has 0 aliphatic heterocycles. The van der Waals surface area contributed by atoms with Gasteiger partial charge in [0, 0.05) is 5.38 Å². The lowest BCUT2D eigenvalue weighted by Crippen LogP contribution is -2.31. The number of carbonyl (C=O) groups excluding carboxylic acids is 1. The Morgan fingerprint density at radius 3 is 2.76 bits per heavy atom. The summed E-state index contributed by atoms with van der Waals surface area (Å²) >= 11 is 1.12. The third-order valence-electron chi connectivity index (χ3n) is 2.87. The van der Waals surface area contributed by atoms with Crippen LogP contribution in [-0.4, -0.2) is 32.2 Å². The maximum Gasteiger partial charge on any atom is 0.355 e. The van der Waals surface area contributed by atoms with E-state index < -0.39 is 17.4 Å². The Hall–Kier alpha value is -2.55. The van der Waals surface area contributed by atoms with Crippen molar-refractivity contribution in [1.82, 2.24) is 20.5 Å². The predicted octanol–water partition coefficient (Wildman–Crippen LogP) is 0.471. The molecule has 2 rings (SSSR count). The third kappa shape index (κ3) is 3.14. The SMILES string of the molecule is Cc1n[nH]c(=O)c(C(=O)NCc2nc(C(=O)O)cs2)c1C. The van der Waals surface area contributed by atoms with Crippen LogP contribution >= 0.6 is 11.3 Å².